The molecule has 0 saturated heterocycles. The summed E-state index contributed by atoms with van der Waals surface area (Å²) in [5, 5.41) is 23.0. The Bertz CT molecular complexity index is 1450. The average Bonchev–Trinajstić information content (AvgIpc) is 3.28. The van der Waals surface area contributed by atoms with Crippen LogP contribution in [0.15, 0.2) is 65.6 Å². The molecule has 0 spiro atoms. The number of hydrogen-bond donors (Lipinski definition) is 3. The van der Waals surface area contributed by atoms with Gasteiger partial charge in [0.2, 0.25) is 5.78 Å². The van der Waals surface area contributed by atoms with E-state index in [1.165, 1.54) is 47.2 Å². The Morgan fingerprint density at radius 3 is 2.37 bits per heavy atom. The Morgan fingerprint density at radius 2 is 1.71 bits per heavy atom. The van der Waals surface area contributed by atoms with Crippen molar-refractivity contribution in [2.24, 2.45) is 0 Å². The monoisotopic (exact) mass is 526 g/mol. The van der Waals surface area contributed by atoms with Crippen molar-refractivity contribution in [1.82, 2.24) is 9.88 Å². The number of aliphatic hydroxyl groups is 2. The normalized spacial score (nSPS) is 17.4. The SMILES string of the molecule is O=C(C=C(O)c1cc(Cc2ccc(F)cc2F)cn(Cc2ccc(F)cc2)c1=O)C(=O)N[C@@H]1CCC[C@H]1O. The van der Waals surface area contributed by atoms with Crippen LogP contribution in [0.3, 0.4) is 0 Å². The zero-order valence-electron chi connectivity index (χ0n) is 20.2. The third-order valence-electron chi connectivity index (χ3n) is 6.38. The highest BCUT2D eigenvalue weighted by atomic mass is 19.1. The minimum absolute atomic E-state index is 0.0346. The van der Waals surface area contributed by atoms with Crippen LogP contribution >= 0.6 is 0 Å². The van der Waals surface area contributed by atoms with Crippen molar-refractivity contribution < 1.29 is 33.0 Å². The molecular weight excluding hydrogens is 501 g/mol. The van der Waals surface area contributed by atoms with Gasteiger partial charge in [-0.25, -0.2) is 13.2 Å². The topological polar surface area (TPSA) is 109 Å². The second kappa shape index (κ2) is 11.5. The van der Waals surface area contributed by atoms with Crippen LogP contribution in [0.1, 0.15) is 41.5 Å². The van der Waals surface area contributed by atoms with E-state index in [0.717, 1.165) is 12.1 Å². The number of benzene rings is 2. The van der Waals surface area contributed by atoms with E-state index < -0.39 is 52.6 Å². The molecule has 38 heavy (non-hydrogen) atoms. The molecule has 0 aliphatic heterocycles. The molecule has 198 valence electrons. The number of nitrogens with zero attached hydrogens (tertiary/aromatic N) is 1. The van der Waals surface area contributed by atoms with E-state index in [4.69, 9.17) is 0 Å². The van der Waals surface area contributed by atoms with Gasteiger partial charge in [-0.15, -0.1) is 0 Å². The van der Waals surface area contributed by atoms with Crippen LogP contribution in [0.2, 0.25) is 0 Å². The molecule has 0 bridgehead atoms. The molecule has 1 fully saturated rings. The smallest absolute Gasteiger partial charge is 0.292 e. The Kier molecular flexibility index (Phi) is 8.11. The summed E-state index contributed by atoms with van der Waals surface area (Å²) in [6.07, 6.45) is 2.87. The first kappa shape index (κ1) is 26.9. The van der Waals surface area contributed by atoms with E-state index in [1.807, 2.05) is 0 Å². The van der Waals surface area contributed by atoms with Crippen LogP contribution in [0.25, 0.3) is 5.76 Å². The third-order valence-corrected chi connectivity index (χ3v) is 6.38. The van der Waals surface area contributed by atoms with E-state index in [-0.39, 0.29) is 24.1 Å². The standard InChI is InChI=1S/C28H25F3N2O5/c29-19-7-4-16(5-8-19)14-33-15-17(10-18-6-9-20(30)12-22(18)31)11-21(28(33)38)25(35)13-26(36)27(37)32-23-2-1-3-24(23)34/h4-9,11-13,15,23-24,34-35H,1-3,10,14H2,(H,32,37)/t23-,24-/m1/s1. The zero-order chi connectivity index (χ0) is 27.4. The van der Waals surface area contributed by atoms with Crippen molar-refractivity contribution in [1.29, 1.82) is 0 Å². The van der Waals surface area contributed by atoms with Gasteiger partial charge in [-0.1, -0.05) is 18.2 Å². The highest BCUT2D eigenvalue weighted by Crippen LogP contribution is 2.20. The number of pyridine rings is 1. The lowest BCUT2D eigenvalue weighted by Gasteiger charge is -2.15. The molecule has 1 aromatic heterocycles. The molecule has 0 radical (unpaired) electrons. The highest BCUT2D eigenvalue weighted by Gasteiger charge is 2.28. The Balaban J connectivity index is 1.67. The van der Waals surface area contributed by atoms with E-state index >= 15 is 0 Å². The Morgan fingerprint density at radius 1 is 1.00 bits per heavy atom. The summed E-state index contributed by atoms with van der Waals surface area (Å²) in [7, 11) is 0. The summed E-state index contributed by atoms with van der Waals surface area (Å²) in [4.78, 5) is 37.9. The van der Waals surface area contributed by atoms with Crippen LogP contribution < -0.4 is 10.9 Å². The number of hydrogen-bond acceptors (Lipinski definition) is 5. The fraction of sp³-hybridized carbons (Fsp3) is 0.250. The van der Waals surface area contributed by atoms with E-state index in [0.29, 0.717) is 36.5 Å². The highest BCUT2D eigenvalue weighted by molar-refractivity contribution is 6.41. The molecule has 1 amide bonds. The number of ketones is 1. The minimum Gasteiger partial charge on any atom is -0.507 e. The van der Waals surface area contributed by atoms with Crippen LogP contribution in [0.5, 0.6) is 0 Å². The van der Waals surface area contributed by atoms with Crippen molar-refractivity contribution in [3.63, 3.8) is 0 Å². The number of aliphatic hydroxyl groups excluding tert-OH is 2. The molecule has 4 rings (SSSR count). The van der Waals surface area contributed by atoms with Gasteiger partial charge < -0.3 is 20.1 Å². The molecule has 1 aliphatic rings. The maximum absolute atomic E-state index is 14.3. The molecule has 1 saturated carbocycles. The molecule has 2 aromatic carbocycles. The molecule has 10 heteroatoms. The van der Waals surface area contributed by atoms with Gasteiger partial charge in [0.05, 0.1) is 24.3 Å². The van der Waals surface area contributed by atoms with Crippen molar-refractivity contribution >= 4 is 17.4 Å². The summed E-state index contributed by atoms with van der Waals surface area (Å²) in [5.41, 5.74) is -0.0184. The number of halogens is 3. The first-order valence-electron chi connectivity index (χ1n) is 12.0. The van der Waals surface area contributed by atoms with Gasteiger partial charge in [0.1, 0.15) is 23.2 Å². The van der Waals surface area contributed by atoms with Gasteiger partial charge in [0.25, 0.3) is 11.5 Å². The predicted molar refractivity (Wildman–Crippen MR) is 133 cm³/mol. The van der Waals surface area contributed by atoms with Crippen LogP contribution in [0.4, 0.5) is 13.2 Å². The molecule has 3 aromatic rings. The molecule has 7 nitrogen and oxygen atoms in total. The van der Waals surface area contributed by atoms with Gasteiger partial charge in [0, 0.05) is 24.8 Å². The summed E-state index contributed by atoms with van der Waals surface area (Å²) in [5.74, 6) is -4.97. The number of carbonyl (C=O) groups excluding carboxylic acids is 2. The Labute approximate surface area is 215 Å². The predicted octanol–water partition coefficient (Wildman–Crippen LogP) is 3.40. The maximum atomic E-state index is 14.3. The van der Waals surface area contributed by atoms with Gasteiger partial charge in [0.15, 0.2) is 0 Å². The lowest BCUT2D eigenvalue weighted by molar-refractivity contribution is -0.136. The summed E-state index contributed by atoms with van der Waals surface area (Å²) in [6, 6.07) is 9.10. The Hall–Kier alpha value is -4.18. The minimum atomic E-state index is -1.12. The lowest BCUT2D eigenvalue weighted by Crippen LogP contribution is -2.42. The molecule has 2 atom stereocenters. The third kappa shape index (κ3) is 6.38. The number of nitrogens with one attached hydrogen (secondary N) is 1. The molecule has 1 aliphatic carbocycles. The second-order valence-corrected chi connectivity index (χ2v) is 9.21. The van der Waals surface area contributed by atoms with Gasteiger partial charge in [-0.3, -0.25) is 14.4 Å². The van der Waals surface area contributed by atoms with Crippen molar-refractivity contribution in [2.75, 3.05) is 0 Å². The molecule has 1 heterocycles. The van der Waals surface area contributed by atoms with Crippen molar-refractivity contribution in [2.45, 2.75) is 44.4 Å². The average molecular weight is 527 g/mol. The van der Waals surface area contributed by atoms with Crippen LogP contribution in [0, 0.1) is 17.5 Å². The van der Waals surface area contributed by atoms with Crippen LogP contribution in [-0.2, 0) is 22.6 Å². The van der Waals surface area contributed by atoms with Gasteiger partial charge in [-0.05, 0) is 60.2 Å². The number of aromatic nitrogens is 1. The van der Waals surface area contributed by atoms with Gasteiger partial charge >= 0.3 is 0 Å². The quantitative estimate of drug-likeness (QED) is 0.237. The first-order chi connectivity index (χ1) is 18.1. The first-order valence-corrected chi connectivity index (χ1v) is 12.0. The van der Waals surface area contributed by atoms with E-state index in [1.54, 1.807) is 0 Å². The fourth-order valence-electron chi connectivity index (χ4n) is 4.38. The number of carbonyl (C=O) groups is 2. The second-order valence-electron chi connectivity index (χ2n) is 9.21. The summed E-state index contributed by atoms with van der Waals surface area (Å²) >= 11 is 0. The molecular formula is C28H25F3N2O5. The summed E-state index contributed by atoms with van der Waals surface area (Å²) in [6.45, 7) is -0.0346. The zero-order valence-corrected chi connectivity index (χ0v) is 20.2. The summed E-state index contributed by atoms with van der Waals surface area (Å²) < 4.78 is 42.2. The van der Waals surface area contributed by atoms with E-state index in [9.17, 15) is 37.8 Å². The molecule has 0 unspecified atom stereocenters. The van der Waals surface area contributed by atoms with Crippen molar-refractivity contribution in [3.8, 4) is 0 Å². The lowest BCUT2D eigenvalue weighted by atomic mass is 10.0. The molecule has 3 N–H and O–H groups in total. The number of amides is 1. The fourth-order valence-corrected chi connectivity index (χ4v) is 4.38. The maximum Gasteiger partial charge on any atom is 0.292 e. The van der Waals surface area contributed by atoms with Crippen molar-refractivity contribution in [3.05, 3.63) is 111 Å². The largest absolute Gasteiger partial charge is 0.507 e. The van der Waals surface area contributed by atoms with E-state index in [2.05, 4.69) is 5.32 Å². The van der Waals surface area contributed by atoms with Crippen LogP contribution in [-0.4, -0.2) is 38.6 Å². The van der Waals surface area contributed by atoms with Gasteiger partial charge in [-0.2, -0.15) is 0 Å². The number of rotatable bonds is 8.